The zero-order chi connectivity index (χ0) is 17.4. The molecule has 0 saturated carbocycles. The number of sulfonamides is 1. The highest BCUT2D eigenvalue weighted by Gasteiger charge is 2.14. The van der Waals surface area contributed by atoms with Crippen LogP contribution in [0, 0.1) is 5.82 Å². The van der Waals surface area contributed by atoms with Gasteiger partial charge >= 0.3 is 0 Å². The molecule has 0 radical (unpaired) electrons. The Balaban J connectivity index is 0.00000312. The van der Waals surface area contributed by atoms with Gasteiger partial charge in [-0.25, -0.2) is 17.5 Å². The molecule has 1 aliphatic heterocycles. The minimum absolute atomic E-state index is 0. The van der Waals surface area contributed by atoms with E-state index in [1.165, 1.54) is 12.1 Å². The summed E-state index contributed by atoms with van der Waals surface area (Å²) in [6.45, 7) is 5.18. The van der Waals surface area contributed by atoms with E-state index in [0.29, 0.717) is 6.54 Å². The monoisotopic (exact) mass is 394 g/mol. The van der Waals surface area contributed by atoms with E-state index in [4.69, 9.17) is 0 Å². The van der Waals surface area contributed by atoms with Crippen LogP contribution in [0.2, 0.25) is 0 Å². The second-order valence-corrected chi connectivity index (χ2v) is 7.31. The number of halogens is 2. The number of piperazine rings is 1. The summed E-state index contributed by atoms with van der Waals surface area (Å²) in [6, 6.07) is 4.53. The zero-order valence-corrected chi connectivity index (χ0v) is 15.5. The standard InChI is InChI=1S/C15H23FN4O3S.ClH/c16-13-1-3-14(4-2-13)24(22,23)19-6-5-15(21)18-9-12-20-10-7-17-8-11-20;/h1-4,17,19H,5-12H2,(H,18,21);1H. The van der Waals surface area contributed by atoms with E-state index in [1.807, 2.05) is 0 Å². The maximum atomic E-state index is 12.8. The molecule has 0 spiro atoms. The third kappa shape index (κ3) is 7.66. The summed E-state index contributed by atoms with van der Waals surface area (Å²) in [4.78, 5) is 14.0. The van der Waals surface area contributed by atoms with Crippen LogP contribution in [-0.2, 0) is 14.8 Å². The van der Waals surface area contributed by atoms with Gasteiger partial charge in [-0.3, -0.25) is 9.69 Å². The number of hydrogen-bond donors (Lipinski definition) is 3. The Bertz CT molecular complexity index is 637. The van der Waals surface area contributed by atoms with Gasteiger partial charge in [-0.1, -0.05) is 0 Å². The lowest BCUT2D eigenvalue weighted by Gasteiger charge is -2.27. The SMILES string of the molecule is Cl.O=C(CCNS(=O)(=O)c1ccc(F)cc1)NCCN1CCNCC1. The summed E-state index contributed by atoms with van der Waals surface area (Å²) >= 11 is 0. The molecule has 1 aromatic rings. The zero-order valence-electron chi connectivity index (χ0n) is 13.8. The minimum Gasteiger partial charge on any atom is -0.355 e. The number of nitrogens with zero attached hydrogens (tertiary/aromatic N) is 1. The number of benzene rings is 1. The van der Waals surface area contributed by atoms with Crippen LogP contribution >= 0.6 is 12.4 Å². The molecule has 1 aliphatic rings. The van der Waals surface area contributed by atoms with E-state index in [9.17, 15) is 17.6 Å². The van der Waals surface area contributed by atoms with Gasteiger partial charge in [-0.05, 0) is 24.3 Å². The van der Waals surface area contributed by atoms with Gasteiger partial charge in [0, 0.05) is 52.2 Å². The lowest BCUT2D eigenvalue weighted by Crippen LogP contribution is -2.46. The van der Waals surface area contributed by atoms with Gasteiger partial charge in [-0.2, -0.15) is 0 Å². The van der Waals surface area contributed by atoms with Crippen molar-refractivity contribution in [1.82, 2.24) is 20.3 Å². The molecule has 25 heavy (non-hydrogen) atoms. The van der Waals surface area contributed by atoms with E-state index in [0.717, 1.165) is 44.9 Å². The van der Waals surface area contributed by atoms with Crippen molar-refractivity contribution in [3.8, 4) is 0 Å². The predicted octanol–water partition coefficient (Wildman–Crippen LogP) is -0.0627. The van der Waals surface area contributed by atoms with Crippen LogP contribution in [0.5, 0.6) is 0 Å². The van der Waals surface area contributed by atoms with Gasteiger partial charge in [0.25, 0.3) is 0 Å². The normalized spacial score (nSPS) is 15.4. The summed E-state index contributed by atoms with van der Waals surface area (Å²) in [7, 11) is -3.72. The summed E-state index contributed by atoms with van der Waals surface area (Å²) in [6.07, 6.45) is 0.0575. The summed E-state index contributed by atoms with van der Waals surface area (Å²) in [5, 5.41) is 6.04. The average molecular weight is 395 g/mol. The molecule has 10 heteroatoms. The third-order valence-electron chi connectivity index (χ3n) is 3.73. The molecule has 7 nitrogen and oxygen atoms in total. The smallest absolute Gasteiger partial charge is 0.240 e. The van der Waals surface area contributed by atoms with Gasteiger partial charge in [0.05, 0.1) is 4.90 Å². The topological polar surface area (TPSA) is 90.5 Å². The van der Waals surface area contributed by atoms with Crippen molar-refractivity contribution in [2.24, 2.45) is 0 Å². The first-order valence-electron chi connectivity index (χ1n) is 7.92. The first-order chi connectivity index (χ1) is 11.5. The van der Waals surface area contributed by atoms with Crippen LogP contribution in [0.4, 0.5) is 4.39 Å². The van der Waals surface area contributed by atoms with Crippen molar-refractivity contribution >= 4 is 28.3 Å². The molecule has 142 valence electrons. The first kappa shape index (κ1) is 21.8. The predicted molar refractivity (Wildman–Crippen MR) is 95.8 cm³/mol. The number of hydrogen-bond acceptors (Lipinski definition) is 5. The minimum atomic E-state index is -3.72. The number of carbonyl (C=O) groups excluding carboxylic acids is 1. The van der Waals surface area contributed by atoms with E-state index in [1.54, 1.807) is 0 Å². The molecule has 0 aliphatic carbocycles. The second kappa shape index (κ2) is 10.7. The van der Waals surface area contributed by atoms with Crippen LogP contribution < -0.4 is 15.4 Å². The molecule has 1 saturated heterocycles. The van der Waals surface area contributed by atoms with Crippen LogP contribution in [0.1, 0.15) is 6.42 Å². The summed E-state index contributed by atoms with van der Waals surface area (Å²) in [5.74, 6) is -0.704. The molecule has 1 fully saturated rings. The van der Waals surface area contributed by atoms with E-state index in [2.05, 4.69) is 20.3 Å². The molecule has 0 aromatic heterocycles. The highest BCUT2D eigenvalue weighted by molar-refractivity contribution is 7.89. The molecule has 0 atom stereocenters. The Hall–Kier alpha value is -1.26. The highest BCUT2D eigenvalue weighted by atomic mass is 35.5. The lowest BCUT2D eigenvalue weighted by atomic mass is 10.3. The molecule has 1 heterocycles. The van der Waals surface area contributed by atoms with Crippen molar-refractivity contribution in [1.29, 1.82) is 0 Å². The molecular weight excluding hydrogens is 371 g/mol. The van der Waals surface area contributed by atoms with Gasteiger partial charge in [-0.15, -0.1) is 12.4 Å². The molecule has 3 N–H and O–H groups in total. The molecule has 1 amide bonds. The molecule has 1 aromatic carbocycles. The average Bonchev–Trinajstić information content (AvgIpc) is 2.56. The van der Waals surface area contributed by atoms with Crippen molar-refractivity contribution in [3.05, 3.63) is 30.1 Å². The number of carbonyl (C=O) groups is 1. The van der Waals surface area contributed by atoms with Gasteiger partial charge < -0.3 is 10.6 Å². The van der Waals surface area contributed by atoms with Crippen molar-refractivity contribution in [2.45, 2.75) is 11.3 Å². The molecule has 0 bridgehead atoms. The number of amides is 1. The van der Waals surface area contributed by atoms with Gasteiger partial charge in [0.1, 0.15) is 5.82 Å². The Morgan fingerprint density at radius 3 is 2.44 bits per heavy atom. The lowest BCUT2D eigenvalue weighted by molar-refractivity contribution is -0.120. The van der Waals surface area contributed by atoms with Gasteiger partial charge in [0.15, 0.2) is 0 Å². The molecular formula is C15H24ClFN4O3S. The van der Waals surface area contributed by atoms with Crippen molar-refractivity contribution < 1.29 is 17.6 Å². The first-order valence-corrected chi connectivity index (χ1v) is 9.41. The Labute approximate surface area is 153 Å². The van der Waals surface area contributed by atoms with E-state index in [-0.39, 0.29) is 36.2 Å². The van der Waals surface area contributed by atoms with Crippen LogP contribution in [-0.4, -0.2) is 65.0 Å². The Morgan fingerprint density at radius 2 is 1.80 bits per heavy atom. The van der Waals surface area contributed by atoms with Gasteiger partial charge in [0.2, 0.25) is 15.9 Å². The number of nitrogens with one attached hydrogen (secondary N) is 3. The quantitative estimate of drug-likeness (QED) is 0.574. The van der Waals surface area contributed by atoms with Crippen molar-refractivity contribution in [3.63, 3.8) is 0 Å². The van der Waals surface area contributed by atoms with Crippen LogP contribution in [0.3, 0.4) is 0 Å². The Morgan fingerprint density at radius 1 is 1.16 bits per heavy atom. The largest absolute Gasteiger partial charge is 0.355 e. The van der Waals surface area contributed by atoms with Crippen LogP contribution in [0.15, 0.2) is 29.2 Å². The maximum Gasteiger partial charge on any atom is 0.240 e. The Kier molecular flexibility index (Phi) is 9.30. The maximum absolute atomic E-state index is 12.8. The highest BCUT2D eigenvalue weighted by Crippen LogP contribution is 2.09. The fourth-order valence-corrected chi connectivity index (χ4v) is 3.40. The van der Waals surface area contributed by atoms with Crippen LogP contribution in [0.25, 0.3) is 0 Å². The van der Waals surface area contributed by atoms with E-state index < -0.39 is 15.8 Å². The number of rotatable bonds is 8. The summed E-state index contributed by atoms with van der Waals surface area (Å²) in [5.41, 5.74) is 0. The summed E-state index contributed by atoms with van der Waals surface area (Å²) < 4.78 is 39.1. The van der Waals surface area contributed by atoms with Crippen molar-refractivity contribution in [2.75, 3.05) is 45.8 Å². The fraction of sp³-hybridized carbons (Fsp3) is 0.533. The molecule has 2 rings (SSSR count). The fourth-order valence-electron chi connectivity index (χ4n) is 2.37. The second-order valence-electron chi connectivity index (χ2n) is 5.54. The van der Waals surface area contributed by atoms with E-state index >= 15 is 0 Å². The third-order valence-corrected chi connectivity index (χ3v) is 5.20. The molecule has 0 unspecified atom stereocenters.